The van der Waals surface area contributed by atoms with Crippen LogP contribution in [0, 0.1) is 28.8 Å². The third-order valence-electron chi connectivity index (χ3n) is 6.40. The topological polar surface area (TPSA) is 201 Å². The second-order valence-electron chi connectivity index (χ2n) is 9.82. The fourth-order valence-electron chi connectivity index (χ4n) is 4.08. The summed E-state index contributed by atoms with van der Waals surface area (Å²) in [7, 11) is 0. The molecule has 0 aliphatic heterocycles. The highest BCUT2D eigenvalue weighted by Crippen LogP contribution is 2.25. The number of ketones is 1. The number of nitrogens with one attached hydrogen (secondary N) is 1. The maximum Gasteiger partial charge on any atom is 0.339 e. The van der Waals surface area contributed by atoms with Crippen LogP contribution in [0.2, 0.25) is 0 Å². The summed E-state index contributed by atoms with van der Waals surface area (Å²) in [6.45, 7) is 0. The smallest absolute Gasteiger partial charge is 0.339 e. The molecule has 0 saturated heterocycles. The Morgan fingerprint density at radius 2 is 1.41 bits per heavy atom. The number of halogens is 3. The van der Waals surface area contributed by atoms with Gasteiger partial charge in [0.05, 0.1) is 41.4 Å². The van der Waals surface area contributed by atoms with E-state index in [2.05, 4.69) is 14.6 Å². The summed E-state index contributed by atoms with van der Waals surface area (Å²) >= 11 is 0. The first-order valence-corrected chi connectivity index (χ1v) is 14.2. The number of benzene rings is 3. The highest BCUT2D eigenvalue weighted by atomic mass is 19.1. The van der Waals surface area contributed by atoms with Crippen LogP contribution in [0.1, 0.15) is 42.4 Å². The van der Waals surface area contributed by atoms with E-state index in [4.69, 9.17) is 24.3 Å². The van der Waals surface area contributed by atoms with Crippen molar-refractivity contribution in [3.05, 3.63) is 172 Å². The summed E-state index contributed by atoms with van der Waals surface area (Å²) < 4.78 is 52.8. The highest BCUT2D eigenvalue weighted by molar-refractivity contribution is 6.12. The van der Waals surface area contributed by atoms with Crippen molar-refractivity contribution >= 4 is 28.7 Å². The lowest BCUT2D eigenvalue weighted by atomic mass is 10.1. The Hall–Kier alpha value is -7.47. The van der Waals surface area contributed by atoms with Gasteiger partial charge in [-0.2, -0.15) is 10.4 Å². The Bertz CT molecular complexity index is 2390. The van der Waals surface area contributed by atoms with E-state index >= 15 is 0 Å². The molecular formula is C36H22F3N3O9. The highest BCUT2D eigenvalue weighted by Gasteiger charge is 2.21. The first-order valence-electron chi connectivity index (χ1n) is 14.2. The lowest BCUT2D eigenvalue weighted by molar-refractivity contribution is 0.0683. The Morgan fingerprint density at radius 3 is 1.98 bits per heavy atom. The zero-order valence-corrected chi connectivity index (χ0v) is 25.8. The maximum atomic E-state index is 13.1. The van der Waals surface area contributed by atoms with E-state index in [0.29, 0.717) is 27.8 Å². The van der Waals surface area contributed by atoms with Crippen molar-refractivity contribution in [2.75, 3.05) is 0 Å². The number of aromatic carboxylic acids is 2. The molecule has 15 heteroatoms. The third kappa shape index (κ3) is 9.78. The van der Waals surface area contributed by atoms with Gasteiger partial charge in [0.25, 0.3) is 5.56 Å². The molecule has 0 bridgehead atoms. The van der Waals surface area contributed by atoms with Crippen molar-refractivity contribution in [1.29, 1.82) is 5.26 Å². The van der Waals surface area contributed by atoms with Gasteiger partial charge >= 0.3 is 11.9 Å². The lowest BCUT2D eigenvalue weighted by Gasteiger charge is -2.00. The summed E-state index contributed by atoms with van der Waals surface area (Å²) in [6.07, 6.45) is 5.02. The van der Waals surface area contributed by atoms with Crippen LogP contribution in [-0.2, 0) is 0 Å². The predicted octanol–water partition coefficient (Wildman–Crippen LogP) is 7.35. The number of aromatic amines is 1. The van der Waals surface area contributed by atoms with Crippen LogP contribution < -0.4 is 5.56 Å². The number of H-pyrrole nitrogens is 1. The molecule has 12 nitrogen and oxygen atoms in total. The molecule has 0 radical (unpaired) electrons. The average Bonchev–Trinajstić information content (AvgIpc) is 3.92. The number of nitriles is 1. The number of carbonyl (C=O) groups is 3. The van der Waals surface area contributed by atoms with Crippen LogP contribution in [0.15, 0.2) is 134 Å². The number of hydrogen-bond acceptors (Lipinski definition) is 9. The minimum Gasteiger partial charge on any atom is -0.478 e. The molecule has 4 aromatic heterocycles. The molecular weight excluding hydrogens is 675 g/mol. The molecule has 4 heterocycles. The van der Waals surface area contributed by atoms with E-state index in [-0.39, 0.29) is 39.6 Å². The van der Waals surface area contributed by atoms with E-state index < -0.39 is 23.5 Å². The SMILES string of the molecule is N#Cc1cccc(F)c1.O=C(O)c1ccoc1.O=C(O)c1ccoc1C(=O)c1cccc(F)c1.O=c1[nH]nc(-c2cccc(F)c2)c2occc12. The molecule has 0 fully saturated rings. The molecule has 0 aliphatic carbocycles. The molecule has 256 valence electrons. The van der Waals surface area contributed by atoms with Gasteiger partial charge < -0.3 is 23.5 Å². The number of rotatable bonds is 5. The van der Waals surface area contributed by atoms with Gasteiger partial charge in [-0.25, -0.2) is 27.9 Å². The van der Waals surface area contributed by atoms with Gasteiger partial charge in [-0.05, 0) is 60.7 Å². The molecule has 3 aromatic carbocycles. The van der Waals surface area contributed by atoms with Crippen LogP contribution in [0.25, 0.3) is 22.2 Å². The molecule has 0 unspecified atom stereocenters. The Kier molecular flexibility index (Phi) is 12.2. The number of carboxylic acids is 2. The molecule has 0 amide bonds. The number of fused-ring (bicyclic) bond motifs is 1. The molecule has 7 rings (SSSR count). The van der Waals surface area contributed by atoms with Crippen LogP contribution in [0.5, 0.6) is 0 Å². The Balaban J connectivity index is 0.000000161. The second-order valence-corrected chi connectivity index (χ2v) is 9.82. The number of carboxylic acid groups (broad SMARTS) is 2. The van der Waals surface area contributed by atoms with Crippen molar-refractivity contribution < 1.29 is 51.0 Å². The Morgan fingerprint density at radius 1 is 0.745 bits per heavy atom. The van der Waals surface area contributed by atoms with Crippen molar-refractivity contribution in [2.45, 2.75) is 0 Å². The zero-order valence-electron chi connectivity index (χ0n) is 25.8. The number of hydrogen-bond donors (Lipinski definition) is 3. The third-order valence-corrected chi connectivity index (χ3v) is 6.40. The van der Waals surface area contributed by atoms with Gasteiger partial charge in [-0.1, -0.05) is 30.3 Å². The quantitative estimate of drug-likeness (QED) is 0.152. The predicted molar refractivity (Wildman–Crippen MR) is 172 cm³/mol. The maximum absolute atomic E-state index is 13.1. The molecule has 3 N–H and O–H groups in total. The minimum absolute atomic E-state index is 0.0439. The van der Waals surface area contributed by atoms with Gasteiger partial charge in [-0.3, -0.25) is 9.59 Å². The normalized spacial score (nSPS) is 9.92. The standard InChI is InChI=1S/C12H7FN2O2.C12H7FO4.C7H4FN.C5H4O3/c13-8-3-1-2-7(6-8)10-11-9(4-5-17-11)12(16)15-14-10;13-8-3-1-2-7(6-8)10(14)11-9(12(15)16)4-5-17-11;8-7-3-1-2-6(4-7)5-9;6-5(7)4-1-2-8-3-4/h2*1-6H,(H,15,16);1-4H;1-3H,(H,6,7). The first-order chi connectivity index (χ1) is 24.5. The molecule has 51 heavy (non-hydrogen) atoms. The number of aromatic nitrogens is 2. The Labute approximate surface area is 284 Å². The van der Waals surface area contributed by atoms with Crippen molar-refractivity contribution in [1.82, 2.24) is 10.2 Å². The molecule has 7 aromatic rings. The largest absolute Gasteiger partial charge is 0.478 e. The zero-order chi connectivity index (χ0) is 36.9. The average molecular weight is 698 g/mol. The van der Waals surface area contributed by atoms with Crippen LogP contribution in [-0.4, -0.2) is 38.1 Å². The van der Waals surface area contributed by atoms with Gasteiger partial charge in [0, 0.05) is 11.1 Å². The first kappa shape index (κ1) is 36.4. The van der Waals surface area contributed by atoms with E-state index in [1.54, 1.807) is 24.3 Å². The monoisotopic (exact) mass is 697 g/mol. The second kappa shape index (κ2) is 17.1. The van der Waals surface area contributed by atoms with Crippen molar-refractivity contribution in [2.24, 2.45) is 0 Å². The summed E-state index contributed by atoms with van der Waals surface area (Å²) in [4.78, 5) is 44.1. The lowest BCUT2D eigenvalue weighted by Crippen LogP contribution is -2.07. The van der Waals surface area contributed by atoms with Gasteiger partial charge in [0.15, 0.2) is 11.3 Å². The van der Waals surface area contributed by atoms with E-state index in [1.165, 1.54) is 79.5 Å². The summed E-state index contributed by atoms with van der Waals surface area (Å²) in [5, 5.41) is 31.9. The fraction of sp³-hybridized carbons (Fsp3) is 0. The number of furan rings is 3. The fourth-order valence-corrected chi connectivity index (χ4v) is 4.08. The minimum atomic E-state index is -1.27. The number of carbonyl (C=O) groups excluding carboxylic acids is 1. The van der Waals surface area contributed by atoms with E-state index in [0.717, 1.165) is 12.3 Å². The van der Waals surface area contributed by atoms with E-state index in [1.807, 2.05) is 6.07 Å². The van der Waals surface area contributed by atoms with Gasteiger partial charge in [0.1, 0.15) is 35.0 Å². The summed E-state index contributed by atoms with van der Waals surface area (Å²) in [5.74, 6) is -4.49. The summed E-state index contributed by atoms with van der Waals surface area (Å²) in [6, 6.07) is 22.4. The van der Waals surface area contributed by atoms with Crippen LogP contribution in [0.4, 0.5) is 13.2 Å². The van der Waals surface area contributed by atoms with Gasteiger partial charge in [0.2, 0.25) is 5.78 Å². The molecule has 0 aliphatic rings. The van der Waals surface area contributed by atoms with Crippen LogP contribution >= 0.6 is 0 Å². The van der Waals surface area contributed by atoms with Crippen LogP contribution in [0.3, 0.4) is 0 Å². The number of nitrogens with zero attached hydrogens (tertiary/aromatic N) is 2. The molecule has 0 atom stereocenters. The van der Waals surface area contributed by atoms with Gasteiger partial charge in [-0.15, -0.1) is 0 Å². The molecule has 0 spiro atoms. The van der Waals surface area contributed by atoms with E-state index in [9.17, 15) is 32.3 Å². The van der Waals surface area contributed by atoms with Crippen molar-refractivity contribution in [3.8, 4) is 17.3 Å². The molecule has 0 saturated carbocycles. The van der Waals surface area contributed by atoms with Crippen molar-refractivity contribution in [3.63, 3.8) is 0 Å². The summed E-state index contributed by atoms with van der Waals surface area (Å²) in [5.41, 5.74) is 1.36.